The molecule has 126 valence electrons. The highest BCUT2D eigenvalue weighted by atomic mass is 32.2. The molecule has 0 atom stereocenters. The molecular formula is C20H23NOS2. The van der Waals surface area contributed by atoms with Crippen molar-refractivity contribution < 1.29 is 4.74 Å². The van der Waals surface area contributed by atoms with E-state index in [0.29, 0.717) is 0 Å². The van der Waals surface area contributed by atoms with Crippen LogP contribution < -0.4 is 0 Å². The summed E-state index contributed by atoms with van der Waals surface area (Å²) < 4.78 is 5.42. The van der Waals surface area contributed by atoms with Gasteiger partial charge in [0.25, 0.3) is 0 Å². The van der Waals surface area contributed by atoms with Crippen LogP contribution in [0.3, 0.4) is 0 Å². The lowest BCUT2D eigenvalue weighted by Gasteiger charge is -2.03. The zero-order chi connectivity index (χ0) is 17.0. The molecule has 0 N–H and O–H groups in total. The van der Waals surface area contributed by atoms with Crippen molar-refractivity contribution >= 4 is 34.3 Å². The van der Waals surface area contributed by atoms with Crippen molar-refractivity contribution in [2.24, 2.45) is 4.99 Å². The summed E-state index contributed by atoms with van der Waals surface area (Å²) in [5.41, 5.74) is 2.23. The van der Waals surface area contributed by atoms with Gasteiger partial charge >= 0.3 is 0 Å². The molecule has 2 rings (SSSR count). The Morgan fingerprint density at radius 3 is 2.54 bits per heavy atom. The van der Waals surface area contributed by atoms with Crippen LogP contribution in [0.4, 0.5) is 5.69 Å². The molecule has 0 aliphatic rings. The molecule has 0 aliphatic carbocycles. The van der Waals surface area contributed by atoms with Crippen molar-refractivity contribution in [3.63, 3.8) is 0 Å². The number of aliphatic imine (C=N–C) groups is 1. The number of aryl methyl sites for hydroxylation is 1. The molecule has 0 saturated carbocycles. The first-order valence-corrected chi connectivity index (χ1v) is 9.88. The van der Waals surface area contributed by atoms with Gasteiger partial charge in [-0.15, -0.1) is 11.8 Å². The molecule has 0 radical (unpaired) electrons. The molecule has 0 amide bonds. The van der Waals surface area contributed by atoms with Gasteiger partial charge in [-0.1, -0.05) is 47.7 Å². The molecule has 2 nitrogen and oxygen atoms in total. The minimum Gasteiger partial charge on any atom is -0.381 e. The summed E-state index contributed by atoms with van der Waals surface area (Å²) in [6, 6.07) is 18.6. The van der Waals surface area contributed by atoms with Crippen molar-refractivity contribution in [1.29, 1.82) is 0 Å². The molecule has 0 saturated heterocycles. The van der Waals surface area contributed by atoms with Gasteiger partial charge < -0.3 is 4.74 Å². The monoisotopic (exact) mass is 357 g/mol. The molecular weight excluding hydrogens is 334 g/mol. The van der Waals surface area contributed by atoms with E-state index in [1.165, 1.54) is 10.5 Å². The van der Waals surface area contributed by atoms with Gasteiger partial charge in [-0.3, -0.25) is 0 Å². The van der Waals surface area contributed by atoms with Gasteiger partial charge in [0.1, 0.15) is 0 Å². The molecule has 0 heterocycles. The van der Waals surface area contributed by atoms with Crippen LogP contribution in [0.1, 0.15) is 12.5 Å². The van der Waals surface area contributed by atoms with Crippen LogP contribution in [0.5, 0.6) is 0 Å². The number of hydrogen-bond donors (Lipinski definition) is 0. The summed E-state index contributed by atoms with van der Waals surface area (Å²) in [6.07, 6.45) is 2.08. The van der Waals surface area contributed by atoms with E-state index in [1.807, 2.05) is 25.1 Å². The SMILES string of the molecule is CCOCCSC(C=CSc1ccccc1)=Nc1ccc(C)cc1. The highest BCUT2D eigenvalue weighted by Crippen LogP contribution is 2.21. The van der Waals surface area contributed by atoms with Crippen molar-refractivity contribution in [2.45, 2.75) is 18.7 Å². The van der Waals surface area contributed by atoms with Gasteiger partial charge in [-0.25, -0.2) is 4.99 Å². The lowest BCUT2D eigenvalue weighted by atomic mass is 10.2. The van der Waals surface area contributed by atoms with Crippen LogP contribution in [0.2, 0.25) is 0 Å². The summed E-state index contributed by atoms with van der Waals surface area (Å²) in [5, 5.41) is 3.10. The van der Waals surface area contributed by atoms with Crippen LogP contribution in [0.15, 0.2) is 76.0 Å². The quantitative estimate of drug-likeness (QED) is 0.246. The van der Waals surface area contributed by atoms with Crippen LogP contribution in [0.25, 0.3) is 0 Å². The van der Waals surface area contributed by atoms with E-state index in [4.69, 9.17) is 9.73 Å². The van der Waals surface area contributed by atoms with E-state index in [0.717, 1.165) is 29.7 Å². The molecule has 2 aromatic rings. The third-order valence-corrected chi connectivity index (χ3v) is 4.82. The van der Waals surface area contributed by atoms with E-state index in [-0.39, 0.29) is 0 Å². The fourth-order valence-corrected chi connectivity index (χ4v) is 3.38. The van der Waals surface area contributed by atoms with E-state index < -0.39 is 0 Å². The van der Waals surface area contributed by atoms with Crippen LogP contribution in [-0.4, -0.2) is 24.0 Å². The fraction of sp³-hybridized carbons (Fsp3) is 0.250. The maximum atomic E-state index is 5.42. The molecule has 0 fully saturated rings. The van der Waals surface area contributed by atoms with Crippen LogP contribution in [-0.2, 0) is 4.74 Å². The van der Waals surface area contributed by atoms with Gasteiger partial charge in [-0.2, -0.15) is 0 Å². The first-order valence-electron chi connectivity index (χ1n) is 8.02. The summed E-state index contributed by atoms with van der Waals surface area (Å²) in [5.74, 6) is 0.902. The van der Waals surface area contributed by atoms with Gasteiger partial charge in [-0.05, 0) is 49.6 Å². The van der Waals surface area contributed by atoms with Crippen LogP contribution >= 0.6 is 23.5 Å². The number of nitrogens with zero attached hydrogens (tertiary/aromatic N) is 1. The van der Waals surface area contributed by atoms with E-state index in [1.54, 1.807) is 23.5 Å². The predicted octanol–water partition coefficient (Wildman–Crippen LogP) is 6.10. The molecule has 2 aromatic carbocycles. The number of rotatable bonds is 8. The largest absolute Gasteiger partial charge is 0.381 e. The average molecular weight is 358 g/mol. The topological polar surface area (TPSA) is 21.6 Å². The van der Waals surface area contributed by atoms with Crippen molar-refractivity contribution in [1.82, 2.24) is 0 Å². The van der Waals surface area contributed by atoms with E-state index in [2.05, 4.69) is 54.8 Å². The number of thioether (sulfide) groups is 2. The number of ether oxygens (including phenoxy) is 1. The van der Waals surface area contributed by atoms with E-state index >= 15 is 0 Å². The highest BCUT2D eigenvalue weighted by molar-refractivity contribution is 8.14. The molecule has 24 heavy (non-hydrogen) atoms. The van der Waals surface area contributed by atoms with Crippen molar-refractivity contribution in [2.75, 3.05) is 19.0 Å². The molecule has 0 unspecified atom stereocenters. The predicted molar refractivity (Wildman–Crippen MR) is 109 cm³/mol. The maximum absolute atomic E-state index is 5.42. The second-order valence-electron chi connectivity index (χ2n) is 5.06. The highest BCUT2D eigenvalue weighted by Gasteiger charge is 1.99. The Morgan fingerprint density at radius 2 is 1.83 bits per heavy atom. The lowest BCUT2D eigenvalue weighted by Crippen LogP contribution is -1.98. The summed E-state index contributed by atoms with van der Waals surface area (Å²) in [4.78, 5) is 5.98. The summed E-state index contributed by atoms with van der Waals surface area (Å²) >= 11 is 3.42. The maximum Gasteiger partial charge on any atom is 0.0973 e. The summed E-state index contributed by atoms with van der Waals surface area (Å²) in [6.45, 7) is 5.60. The second-order valence-corrected chi connectivity index (χ2v) is 7.16. The minimum atomic E-state index is 0.744. The zero-order valence-corrected chi connectivity index (χ0v) is 15.8. The molecule has 4 heteroatoms. The zero-order valence-electron chi connectivity index (χ0n) is 14.1. The Bertz CT molecular complexity index is 651. The van der Waals surface area contributed by atoms with Gasteiger partial charge in [0.15, 0.2) is 0 Å². The first-order chi connectivity index (χ1) is 11.8. The van der Waals surface area contributed by atoms with Crippen molar-refractivity contribution in [3.8, 4) is 0 Å². The second kappa shape index (κ2) is 11.1. The number of hydrogen-bond acceptors (Lipinski definition) is 4. The Labute approximate surface area is 153 Å². The Balaban J connectivity index is 2.02. The Kier molecular flexibility index (Phi) is 8.74. The molecule has 0 bridgehead atoms. The minimum absolute atomic E-state index is 0.744. The van der Waals surface area contributed by atoms with Gasteiger partial charge in [0.05, 0.1) is 17.3 Å². The molecule has 0 spiro atoms. The molecule has 0 aliphatic heterocycles. The Hall–Kier alpha value is -1.49. The molecule has 0 aromatic heterocycles. The normalized spacial score (nSPS) is 12.0. The average Bonchev–Trinajstić information content (AvgIpc) is 2.61. The van der Waals surface area contributed by atoms with Crippen molar-refractivity contribution in [3.05, 3.63) is 71.6 Å². The standard InChI is InChI=1S/C20H23NOS2/c1-3-22-14-16-24-20(21-18-11-9-17(2)10-12-18)13-15-23-19-7-5-4-6-8-19/h4-13,15H,3,14,16H2,1-2H3. The fourth-order valence-electron chi connectivity index (χ4n) is 1.88. The lowest BCUT2D eigenvalue weighted by molar-refractivity contribution is 0.164. The Morgan fingerprint density at radius 1 is 1.08 bits per heavy atom. The van der Waals surface area contributed by atoms with Gasteiger partial charge in [0.2, 0.25) is 0 Å². The van der Waals surface area contributed by atoms with Gasteiger partial charge in [0, 0.05) is 17.3 Å². The smallest absolute Gasteiger partial charge is 0.0973 e. The third-order valence-electron chi connectivity index (χ3n) is 3.11. The van der Waals surface area contributed by atoms with Crippen LogP contribution in [0, 0.1) is 6.92 Å². The van der Waals surface area contributed by atoms with E-state index in [9.17, 15) is 0 Å². The first kappa shape index (κ1) is 18.8. The third kappa shape index (κ3) is 7.39. The number of benzene rings is 2. The summed E-state index contributed by atoms with van der Waals surface area (Å²) in [7, 11) is 0.